The Balaban J connectivity index is 2.14. The first-order valence-electron chi connectivity index (χ1n) is 12.4. The number of aryl methyl sites for hydroxylation is 1. The number of alkyl halides is 3. The van der Waals surface area contributed by atoms with Crippen molar-refractivity contribution in [3.63, 3.8) is 0 Å². The summed E-state index contributed by atoms with van der Waals surface area (Å²) in [4.78, 5) is 27.1. The average molecular weight is 614 g/mol. The minimum absolute atomic E-state index is 0.0517. The summed E-state index contributed by atoms with van der Waals surface area (Å²) in [5.41, 5.74) is -1.00. The van der Waals surface area contributed by atoms with Crippen LogP contribution in [-0.2, 0) is 32.3 Å². The van der Waals surface area contributed by atoms with Gasteiger partial charge in [-0.05, 0) is 57.2 Å². The van der Waals surface area contributed by atoms with Gasteiger partial charge < -0.3 is 10.2 Å². The molecule has 3 rings (SSSR count). The lowest BCUT2D eigenvalue weighted by molar-refractivity contribution is -0.139. The molecule has 0 fully saturated rings. The second-order valence-corrected chi connectivity index (χ2v) is 11.4. The van der Waals surface area contributed by atoms with E-state index in [0.29, 0.717) is 10.4 Å². The number of nitrogens with one attached hydrogen (secondary N) is 1. The molecule has 3 aromatic rings. The van der Waals surface area contributed by atoms with Gasteiger partial charge in [0.05, 0.1) is 21.2 Å². The lowest BCUT2D eigenvalue weighted by atomic mass is 10.1. The lowest BCUT2D eigenvalue weighted by Crippen LogP contribution is -2.51. The SMILES string of the molecule is CCNC(=O)[C@H](C)N(Cc1ccccc1F)C(=O)CN(c1ccc(Cl)c(C(F)(F)F)c1)S(=O)(=O)c1ccc(C)cc1. The third kappa shape index (κ3) is 7.56. The molecule has 0 aliphatic heterocycles. The van der Waals surface area contributed by atoms with Crippen LogP contribution in [-0.4, -0.2) is 44.3 Å². The highest BCUT2D eigenvalue weighted by atomic mass is 35.5. The maximum atomic E-state index is 14.5. The van der Waals surface area contributed by atoms with E-state index in [0.717, 1.165) is 28.7 Å². The van der Waals surface area contributed by atoms with Crippen LogP contribution in [0.15, 0.2) is 71.6 Å². The number of hydrogen-bond acceptors (Lipinski definition) is 4. The molecule has 1 atom stereocenters. The molecule has 7 nitrogen and oxygen atoms in total. The Morgan fingerprint density at radius 1 is 1.02 bits per heavy atom. The Hall–Kier alpha value is -3.64. The summed E-state index contributed by atoms with van der Waals surface area (Å²) >= 11 is 5.76. The van der Waals surface area contributed by atoms with E-state index in [-0.39, 0.29) is 17.0 Å². The van der Waals surface area contributed by atoms with Crippen molar-refractivity contribution in [3.8, 4) is 0 Å². The summed E-state index contributed by atoms with van der Waals surface area (Å²) in [5, 5.41) is 1.90. The Kier molecular flexibility index (Phi) is 10.0. The van der Waals surface area contributed by atoms with Crippen molar-refractivity contribution in [2.75, 3.05) is 17.4 Å². The van der Waals surface area contributed by atoms with Crippen LogP contribution in [0.4, 0.5) is 23.2 Å². The fourth-order valence-electron chi connectivity index (χ4n) is 3.97. The molecule has 0 saturated heterocycles. The number of carbonyl (C=O) groups excluding carboxylic acids is 2. The van der Waals surface area contributed by atoms with Gasteiger partial charge in [-0.15, -0.1) is 0 Å². The minimum Gasteiger partial charge on any atom is -0.355 e. The minimum atomic E-state index is -4.92. The van der Waals surface area contributed by atoms with Crippen molar-refractivity contribution in [2.24, 2.45) is 0 Å². The molecule has 0 saturated carbocycles. The molecule has 220 valence electrons. The number of carbonyl (C=O) groups is 2. The van der Waals surface area contributed by atoms with Gasteiger partial charge in [0.25, 0.3) is 10.0 Å². The number of hydrogen-bond donors (Lipinski definition) is 1. The topological polar surface area (TPSA) is 86.8 Å². The summed E-state index contributed by atoms with van der Waals surface area (Å²) in [6.07, 6.45) is -4.92. The van der Waals surface area contributed by atoms with Crippen LogP contribution < -0.4 is 9.62 Å². The molecular weight excluding hydrogens is 586 g/mol. The lowest BCUT2D eigenvalue weighted by Gasteiger charge is -2.32. The van der Waals surface area contributed by atoms with E-state index in [1.54, 1.807) is 13.8 Å². The van der Waals surface area contributed by atoms with Gasteiger partial charge in [0.15, 0.2) is 0 Å². The third-order valence-electron chi connectivity index (χ3n) is 6.25. The molecule has 0 heterocycles. The number of likely N-dealkylation sites (N-methyl/N-ethyl adjacent to an activating group) is 1. The smallest absolute Gasteiger partial charge is 0.355 e. The van der Waals surface area contributed by atoms with Crippen molar-refractivity contribution in [1.29, 1.82) is 0 Å². The van der Waals surface area contributed by atoms with E-state index in [1.165, 1.54) is 49.4 Å². The maximum Gasteiger partial charge on any atom is 0.417 e. The highest BCUT2D eigenvalue weighted by Gasteiger charge is 2.37. The van der Waals surface area contributed by atoms with Crippen molar-refractivity contribution >= 4 is 39.1 Å². The first kappa shape index (κ1) is 31.9. The van der Waals surface area contributed by atoms with Crippen LogP contribution in [0, 0.1) is 12.7 Å². The molecule has 0 radical (unpaired) electrons. The molecule has 13 heteroatoms. The molecule has 0 unspecified atom stereocenters. The highest BCUT2D eigenvalue weighted by Crippen LogP contribution is 2.38. The zero-order valence-corrected chi connectivity index (χ0v) is 23.9. The summed E-state index contributed by atoms with van der Waals surface area (Å²) in [7, 11) is -4.61. The van der Waals surface area contributed by atoms with Gasteiger partial charge in [-0.2, -0.15) is 13.2 Å². The fraction of sp³-hybridized carbons (Fsp3) is 0.286. The van der Waals surface area contributed by atoms with Crippen LogP contribution in [0.2, 0.25) is 5.02 Å². The van der Waals surface area contributed by atoms with Crippen LogP contribution in [0.5, 0.6) is 0 Å². The van der Waals surface area contributed by atoms with Crippen LogP contribution in [0.1, 0.15) is 30.5 Å². The third-order valence-corrected chi connectivity index (χ3v) is 8.37. The zero-order chi connectivity index (χ0) is 30.5. The molecule has 0 aliphatic carbocycles. The number of halogens is 5. The number of amides is 2. The standard InChI is InChI=1S/C28H28ClF4N3O4S/c1-4-34-27(38)19(3)35(16-20-7-5-6-8-25(20)30)26(37)17-36(41(39,40)22-12-9-18(2)10-13-22)21-11-14-24(29)23(15-21)28(31,32)33/h5-15,19H,4,16-17H2,1-3H3,(H,34,38)/t19-/m0/s1. The van der Waals surface area contributed by atoms with Crippen molar-refractivity contribution in [1.82, 2.24) is 10.2 Å². The molecular formula is C28H28ClF4N3O4S. The van der Waals surface area contributed by atoms with E-state index in [4.69, 9.17) is 11.6 Å². The zero-order valence-electron chi connectivity index (χ0n) is 22.4. The monoisotopic (exact) mass is 613 g/mol. The van der Waals surface area contributed by atoms with E-state index >= 15 is 0 Å². The largest absolute Gasteiger partial charge is 0.417 e. The van der Waals surface area contributed by atoms with E-state index < -0.39 is 69.2 Å². The summed E-state index contributed by atoms with van der Waals surface area (Å²) in [5.74, 6) is -2.20. The molecule has 0 bridgehead atoms. The van der Waals surface area contributed by atoms with Gasteiger partial charge in [0, 0.05) is 18.7 Å². The van der Waals surface area contributed by atoms with Crippen molar-refractivity contribution in [2.45, 2.75) is 44.4 Å². The first-order valence-corrected chi connectivity index (χ1v) is 14.2. The Morgan fingerprint density at radius 2 is 1.66 bits per heavy atom. The predicted octanol–water partition coefficient (Wildman–Crippen LogP) is 5.56. The van der Waals surface area contributed by atoms with Crippen LogP contribution >= 0.6 is 11.6 Å². The molecule has 41 heavy (non-hydrogen) atoms. The number of rotatable bonds is 10. The van der Waals surface area contributed by atoms with E-state index in [1.807, 2.05) is 0 Å². The molecule has 2 amide bonds. The Bertz CT molecular complexity index is 1520. The van der Waals surface area contributed by atoms with Crippen LogP contribution in [0.25, 0.3) is 0 Å². The van der Waals surface area contributed by atoms with Crippen molar-refractivity contribution in [3.05, 3.63) is 94.3 Å². The van der Waals surface area contributed by atoms with Gasteiger partial charge in [-0.1, -0.05) is 47.5 Å². The second-order valence-electron chi connectivity index (χ2n) is 9.17. The molecule has 0 aromatic heterocycles. The molecule has 3 aromatic carbocycles. The second kappa shape index (κ2) is 12.9. The predicted molar refractivity (Wildman–Crippen MR) is 147 cm³/mol. The fourth-order valence-corrected chi connectivity index (χ4v) is 5.60. The van der Waals surface area contributed by atoms with Gasteiger partial charge in [0.1, 0.15) is 18.4 Å². The molecule has 1 N–H and O–H groups in total. The average Bonchev–Trinajstić information content (AvgIpc) is 2.91. The van der Waals surface area contributed by atoms with Gasteiger partial charge >= 0.3 is 6.18 Å². The number of sulfonamides is 1. The number of nitrogens with zero attached hydrogens (tertiary/aromatic N) is 2. The number of benzene rings is 3. The highest BCUT2D eigenvalue weighted by molar-refractivity contribution is 7.92. The van der Waals surface area contributed by atoms with Gasteiger partial charge in [-0.25, -0.2) is 12.8 Å². The Morgan fingerprint density at radius 3 is 2.24 bits per heavy atom. The summed E-state index contributed by atoms with van der Waals surface area (Å²) in [6, 6.07) is 12.3. The van der Waals surface area contributed by atoms with Gasteiger partial charge in [0.2, 0.25) is 11.8 Å². The quantitative estimate of drug-likeness (QED) is 0.304. The first-order chi connectivity index (χ1) is 19.2. The Labute approximate surface area is 240 Å². The van der Waals surface area contributed by atoms with E-state index in [2.05, 4.69) is 5.32 Å². The molecule has 0 aliphatic rings. The normalized spacial score (nSPS) is 12.5. The van der Waals surface area contributed by atoms with Gasteiger partial charge in [-0.3, -0.25) is 13.9 Å². The molecule has 0 spiro atoms. The maximum absolute atomic E-state index is 14.5. The van der Waals surface area contributed by atoms with Crippen molar-refractivity contribution < 1.29 is 35.6 Å². The number of anilines is 1. The summed E-state index contributed by atoms with van der Waals surface area (Å²) in [6.45, 7) is 3.58. The van der Waals surface area contributed by atoms with E-state index in [9.17, 15) is 35.6 Å². The van der Waals surface area contributed by atoms with Crippen LogP contribution in [0.3, 0.4) is 0 Å². The summed E-state index contributed by atoms with van der Waals surface area (Å²) < 4.78 is 83.6.